The molecule has 5 nitrogen and oxygen atoms in total. The average Bonchev–Trinajstić information content (AvgIpc) is 2.41. The molecule has 2 rings (SSSR count). The molecular weight excluding hydrogens is 269 g/mol. The van der Waals surface area contributed by atoms with Crippen LogP contribution in [0.25, 0.3) is 0 Å². The van der Waals surface area contributed by atoms with Crippen molar-refractivity contribution in [3.63, 3.8) is 0 Å². The Bertz CT molecular complexity index is 736. The van der Waals surface area contributed by atoms with Crippen LogP contribution >= 0.6 is 0 Å². The van der Waals surface area contributed by atoms with E-state index in [1.807, 2.05) is 6.07 Å². The molecule has 19 heavy (non-hydrogen) atoms. The first-order chi connectivity index (χ1) is 9.01. The van der Waals surface area contributed by atoms with Crippen molar-refractivity contribution in [1.29, 1.82) is 5.26 Å². The van der Waals surface area contributed by atoms with Crippen LogP contribution in [0.5, 0.6) is 0 Å². The van der Waals surface area contributed by atoms with Gasteiger partial charge in [0.25, 0.3) is 10.0 Å². The number of rotatable bonds is 3. The van der Waals surface area contributed by atoms with E-state index in [9.17, 15) is 12.8 Å². The molecule has 7 heteroatoms. The van der Waals surface area contributed by atoms with Crippen molar-refractivity contribution >= 4 is 15.7 Å². The van der Waals surface area contributed by atoms with Gasteiger partial charge in [-0.3, -0.25) is 4.72 Å². The third-order valence-electron chi connectivity index (χ3n) is 2.25. The molecule has 0 aliphatic carbocycles. The van der Waals surface area contributed by atoms with Crippen LogP contribution in [0.3, 0.4) is 0 Å². The number of nitriles is 1. The van der Waals surface area contributed by atoms with E-state index in [1.165, 1.54) is 30.3 Å². The zero-order valence-electron chi connectivity index (χ0n) is 9.54. The Hall–Kier alpha value is -2.46. The van der Waals surface area contributed by atoms with Crippen molar-refractivity contribution in [2.45, 2.75) is 4.90 Å². The van der Waals surface area contributed by atoms with E-state index in [0.717, 1.165) is 12.3 Å². The Labute approximate surface area is 109 Å². The highest BCUT2D eigenvalue weighted by Gasteiger charge is 2.14. The summed E-state index contributed by atoms with van der Waals surface area (Å²) in [7, 11) is -3.82. The first kappa shape index (κ1) is 13.0. The fourth-order valence-corrected chi connectivity index (χ4v) is 2.47. The fourth-order valence-electron chi connectivity index (χ4n) is 1.38. The van der Waals surface area contributed by atoms with Crippen molar-refractivity contribution in [2.24, 2.45) is 0 Å². The van der Waals surface area contributed by atoms with E-state index in [4.69, 9.17) is 5.26 Å². The number of hydrogen-bond donors (Lipinski definition) is 1. The van der Waals surface area contributed by atoms with Gasteiger partial charge in [0.05, 0.1) is 28.4 Å². The van der Waals surface area contributed by atoms with Crippen LogP contribution < -0.4 is 4.72 Å². The molecular formula is C12H8FN3O2S. The molecule has 0 bridgehead atoms. The smallest absolute Gasteiger partial charge is 0.261 e. The first-order valence-electron chi connectivity index (χ1n) is 5.16. The summed E-state index contributed by atoms with van der Waals surface area (Å²) in [5.74, 6) is -0.700. The predicted octanol–water partition coefficient (Wildman–Crippen LogP) is 1.89. The Balaban J connectivity index is 2.32. The third kappa shape index (κ3) is 3.05. The molecule has 1 aromatic heterocycles. The topological polar surface area (TPSA) is 82.8 Å². The normalized spacial score (nSPS) is 10.7. The number of nitrogens with one attached hydrogen (secondary N) is 1. The van der Waals surface area contributed by atoms with Crippen molar-refractivity contribution in [3.8, 4) is 6.07 Å². The summed E-state index contributed by atoms with van der Waals surface area (Å²) in [6.45, 7) is 0. The van der Waals surface area contributed by atoms with E-state index in [2.05, 4.69) is 9.71 Å². The van der Waals surface area contributed by atoms with Crippen LogP contribution in [0.1, 0.15) is 5.56 Å². The lowest BCUT2D eigenvalue weighted by Crippen LogP contribution is -2.13. The number of anilines is 1. The quantitative estimate of drug-likeness (QED) is 0.868. The summed E-state index contributed by atoms with van der Waals surface area (Å²) >= 11 is 0. The molecule has 0 fully saturated rings. The Morgan fingerprint density at radius 1 is 1.26 bits per heavy atom. The van der Waals surface area contributed by atoms with Gasteiger partial charge in [-0.2, -0.15) is 9.65 Å². The Morgan fingerprint density at radius 3 is 2.68 bits per heavy atom. The highest BCUT2D eigenvalue weighted by molar-refractivity contribution is 7.92. The molecule has 0 atom stereocenters. The summed E-state index contributed by atoms with van der Waals surface area (Å²) < 4.78 is 38.9. The van der Waals surface area contributed by atoms with E-state index in [0.29, 0.717) is 0 Å². The SMILES string of the molecule is N#Cc1cccc(S(=O)(=O)Nc2ccc(F)nc2)c1. The second-order valence-electron chi connectivity index (χ2n) is 3.61. The number of nitrogens with zero attached hydrogens (tertiary/aromatic N) is 2. The number of sulfonamides is 1. The van der Waals surface area contributed by atoms with Crippen LogP contribution in [-0.2, 0) is 10.0 Å². The summed E-state index contributed by atoms with van der Waals surface area (Å²) in [5.41, 5.74) is 0.379. The minimum atomic E-state index is -3.82. The molecule has 0 radical (unpaired) electrons. The predicted molar refractivity (Wildman–Crippen MR) is 66.2 cm³/mol. The van der Waals surface area contributed by atoms with E-state index in [1.54, 1.807) is 0 Å². The highest BCUT2D eigenvalue weighted by atomic mass is 32.2. The zero-order valence-corrected chi connectivity index (χ0v) is 10.4. The summed E-state index contributed by atoms with van der Waals surface area (Å²) in [6, 6.07) is 9.74. The number of aromatic nitrogens is 1. The summed E-state index contributed by atoms with van der Waals surface area (Å²) in [4.78, 5) is 3.30. The number of pyridine rings is 1. The molecule has 0 aliphatic heterocycles. The van der Waals surface area contributed by atoms with Crippen LogP contribution in [-0.4, -0.2) is 13.4 Å². The van der Waals surface area contributed by atoms with Gasteiger partial charge in [0, 0.05) is 0 Å². The third-order valence-corrected chi connectivity index (χ3v) is 3.63. The van der Waals surface area contributed by atoms with E-state index >= 15 is 0 Å². The Kier molecular flexibility index (Phi) is 3.44. The van der Waals surface area contributed by atoms with Crippen molar-refractivity contribution in [2.75, 3.05) is 4.72 Å². The van der Waals surface area contributed by atoms with Gasteiger partial charge < -0.3 is 0 Å². The molecule has 1 heterocycles. The van der Waals surface area contributed by atoms with E-state index < -0.39 is 16.0 Å². The standard InChI is InChI=1S/C12H8FN3O2S/c13-12-5-4-10(8-15-12)16-19(17,18)11-3-1-2-9(6-11)7-14/h1-6,8,16H. The number of benzene rings is 1. The molecule has 0 unspecified atom stereocenters. The average molecular weight is 277 g/mol. The second kappa shape index (κ2) is 5.04. The number of hydrogen-bond acceptors (Lipinski definition) is 4. The van der Waals surface area contributed by atoms with Crippen LogP contribution in [0.2, 0.25) is 0 Å². The highest BCUT2D eigenvalue weighted by Crippen LogP contribution is 2.16. The van der Waals surface area contributed by atoms with Crippen molar-refractivity contribution in [1.82, 2.24) is 4.98 Å². The van der Waals surface area contributed by atoms with E-state index in [-0.39, 0.29) is 16.1 Å². The summed E-state index contributed by atoms with van der Waals surface area (Å²) in [5, 5.41) is 8.73. The van der Waals surface area contributed by atoms with Gasteiger partial charge >= 0.3 is 0 Å². The molecule has 0 saturated carbocycles. The summed E-state index contributed by atoms with van der Waals surface area (Å²) in [6.07, 6.45) is 1.07. The lowest BCUT2D eigenvalue weighted by molar-refractivity contribution is 0.583. The maximum atomic E-state index is 12.6. The second-order valence-corrected chi connectivity index (χ2v) is 5.30. The molecule has 1 N–H and O–H groups in total. The van der Waals surface area contributed by atoms with Crippen LogP contribution in [0.4, 0.5) is 10.1 Å². The van der Waals surface area contributed by atoms with Crippen LogP contribution in [0, 0.1) is 17.3 Å². The van der Waals surface area contributed by atoms with Crippen LogP contribution in [0.15, 0.2) is 47.5 Å². The molecule has 2 aromatic rings. The molecule has 0 aliphatic rings. The first-order valence-corrected chi connectivity index (χ1v) is 6.64. The molecule has 0 saturated heterocycles. The molecule has 96 valence electrons. The van der Waals surface area contributed by atoms with Gasteiger partial charge in [-0.15, -0.1) is 0 Å². The van der Waals surface area contributed by atoms with Crippen molar-refractivity contribution in [3.05, 3.63) is 54.1 Å². The number of halogens is 1. The van der Waals surface area contributed by atoms with Gasteiger partial charge in [-0.05, 0) is 30.3 Å². The molecule has 1 aromatic carbocycles. The Morgan fingerprint density at radius 2 is 2.05 bits per heavy atom. The van der Waals surface area contributed by atoms with Gasteiger partial charge in [0.15, 0.2) is 0 Å². The van der Waals surface area contributed by atoms with Gasteiger partial charge in [0.2, 0.25) is 5.95 Å². The maximum Gasteiger partial charge on any atom is 0.261 e. The minimum Gasteiger partial charge on any atom is -0.278 e. The van der Waals surface area contributed by atoms with Gasteiger partial charge in [-0.25, -0.2) is 13.4 Å². The largest absolute Gasteiger partial charge is 0.278 e. The van der Waals surface area contributed by atoms with Gasteiger partial charge in [-0.1, -0.05) is 6.07 Å². The lowest BCUT2D eigenvalue weighted by atomic mass is 10.2. The lowest BCUT2D eigenvalue weighted by Gasteiger charge is -2.07. The maximum absolute atomic E-state index is 12.6. The minimum absolute atomic E-state index is 0.0455. The zero-order chi connectivity index (χ0) is 13.9. The monoisotopic (exact) mass is 277 g/mol. The van der Waals surface area contributed by atoms with Gasteiger partial charge in [0.1, 0.15) is 0 Å². The van der Waals surface area contributed by atoms with Crippen molar-refractivity contribution < 1.29 is 12.8 Å². The fraction of sp³-hybridized carbons (Fsp3) is 0. The molecule has 0 amide bonds. The molecule has 0 spiro atoms.